The zero-order valence-corrected chi connectivity index (χ0v) is 13.2. The number of nitrogens with two attached hydrogens (primary N) is 1. The molecular formula is C13H15ClIN3. The van der Waals surface area contributed by atoms with E-state index < -0.39 is 0 Å². The van der Waals surface area contributed by atoms with Crippen LogP contribution in [0.4, 0.5) is 0 Å². The molecule has 96 valence electrons. The molecule has 0 amide bonds. The molecule has 1 aromatic heterocycles. The second kappa shape index (κ2) is 5.59. The maximum atomic E-state index is 6.28. The lowest BCUT2D eigenvalue weighted by Crippen LogP contribution is -2.20. The molecule has 2 aromatic rings. The summed E-state index contributed by atoms with van der Waals surface area (Å²) in [6, 6.07) is 5.89. The standard InChI is InChI=1S/C13H15ClIN3/c1-8(2)13(16)12-6-17-7-18(12)11-4-3-9(15)5-10(11)14/h3-8,13H,16H2,1-2H3. The van der Waals surface area contributed by atoms with Gasteiger partial charge in [0.2, 0.25) is 0 Å². The summed E-state index contributed by atoms with van der Waals surface area (Å²) in [6.07, 6.45) is 3.56. The normalized spacial score (nSPS) is 13.0. The van der Waals surface area contributed by atoms with Crippen LogP contribution in [-0.2, 0) is 0 Å². The number of halogens is 2. The van der Waals surface area contributed by atoms with Crippen LogP contribution in [0.1, 0.15) is 25.6 Å². The molecule has 2 rings (SSSR count). The van der Waals surface area contributed by atoms with Gasteiger partial charge in [0.15, 0.2) is 0 Å². The quantitative estimate of drug-likeness (QED) is 0.830. The number of hydrogen-bond donors (Lipinski definition) is 1. The van der Waals surface area contributed by atoms with Gasteiger partial charge in [-0.25, -0.2) is 4.98 Å². The fourth-order valence-corrected chi connectivity index (χ4v) is 2.72. The highest BCUT2D eigenvalue weighted by Crippen LogP contribution is 2.27. The van der Waals surface area contributed by atoms with E-state index in [0.717, 1.165) is 15.0 Å². The van der Waals surface area contributed by atoms with Gasteiger partial charge in [-0.1, -0.05) is 25.4 Å². The lowest BCUT2D eigenvalue weighted by Gasteiger charge is -2.18. The Labute approximate surface area is 125 Å². The van der Waals surface area contributed by atoms with Crippen molar-refractivity contribution in [2.24, 2.45) is 11.7 Å². The van der Waals surface area contributed by atoms with Crippen LogP contribution in [-0.4, -0.2) is 9.55 Å². The number of hydrogen-bond acceptors (Lipinski definition) is 2. The minimum Gasteiger partial charge on any atom is -0.322 e. The van der Waals surface area contributed by atoms with Crippen LogP contribution >= 0.6 is 34.2 Å². The molecule has 0 spiro atoms. The maximum absolute atomic E-state index is 6.28. The molecule has 0 aliphatic rings. The van der Waals surface area contributed by atoms with Gasteiger partial charge in [0.1, 0.15) is 0 Å². The number of benzene rings is 1. The number of aromatic nitrogens is 2. The van der Waals surface area contributed by atoms with Crippen molar-refractivity contribution in [1.82, 2.24) is 9.55 Å². The molecule has 0 aliphatic heterocycles. The largest absolute Gasteiger partial charge is 0.322 e. The Morgan fingerprint density at radius 3 is 2.72 bits per heavy atom. The van der Waals surface area contributed by atoms with Crippen molar-refractivity contribution in [1.29, 1.82) is 0 Å². The molecule has 1 unspecified atom stereocenters. The van der Waals surface area contributed by atoms with Crippen LogP contribution in [0.5, 0.6) is 0 Å². The lowest BCUT2D eigenvalue weighted by molar-refractivity contribution is 0.497. The minimum absolute atomic E-state index is 0.0529. The summed E-state index contributed by atoms with van der Waals surface area (Å²) in [6.45, 7) is 4.19. The maximum Gasteiger partial charge on any atom is 0.0995 e. The smallest absolute Gasteiger partial charge is 0.0995 e. The molecule has 0 radical (unpaired) electrons. The van der Waals surface area contributed by atoms with Crippen molar-refractivity contribution in [2.45, 2.75) is 19.9 Å². The van der Waals surface area contributed by atoms with Crippen LogP contribution in [0.3, 0.4) is 0 Å². The number of rotatable bonds is 3. The highest BCUT2D eigenvalue weighted by molar-refractivity contribution is 14.1. The highest BCUT2D eigenvalue weighted by atomic mass is 127. The van der Waals surface area contributed by atoms with E-state index in [-0.39, 0.29) is 6.04 Å². The van der Waals surface area contributed by atoms with Gasteiger partial charge in [0.05, 0.1) is 28.9 Å². The van der Waals surface area contributed by atoms with E-state index in [1.807, 2.05) is 22.8 Å². The number of nitrogens with zero attached hydrogens (tertiary/aromatic N) is 2. The molecule has 0 aliphatic carbocycles. The second-order valence-corrected chi connectivity index (χ2v) is 6.21. The molecule has 2 N–H and O–H groups in total. The summed E-state index contributed by atoms with van der Waals surface area (Å²) in [5.41, 5.74) is 8.09. The van der Waals surface area contributed by atoms with Crippen molar-refractivity contribution in [2.75, 3.05) is 0 Å². The van der Waals surface area contributed by atoms with Crippen LogP contribution in [0.2, 0.25) is 5.02 Å². The molecule has 1 atom stereocenters. The fourth-order valence-electron chi connectivity index (χ4n) is 1.77. The lowest BCUT2D eigenvalue weighted by atomic mass is 10.0. The summed E-state index contributed by atoms with van der Waals surface area (Å²) < 4.78 is 3.07. The van der Waals surface area contributed by atoms with Gasteiger partial charge in [0.25, 0.3) is 0 Å². The third kappa shape index (κ3) is 2.70. The third-order valence-electron chi connectivity index (χ3n) is 2.90. The Hall–Kier alpha value is -0.590. The molecule has 1 aromatic carbocycles. The van der Waals surface area contributed by atoms with Crippen molar-refractivity contribution in [3.63, 3.8) is 0 Å². The second-order valence-electron chi connectivity index (χ2n) is 4.55. The Balaban J connectivity index is 2.49. The fraction of sp³-hybridized carbons (Fsp3) is 0.308. The molecular weight excluding hydrogens is 361 g/mol. The van der Waals surface area contributed by atoms with Gasteiger partial charge in [-0.2, -0.15) is 0 Å². The van der Waals surface area contributed by atoms with E-state index in [2.05, 4.69) is 41.4 Å². The van der Waals surface area contributed by atoms with Crippen LogP contribution in [0, 0.1) is 9.49 Å². The zero-order chi connectivity index (χ0) is 13.3. The molecule has 5 heteroatoms. The van der Waals surface area contributed by atoms with Gasteiger partial charge in [-0.3, -0.25) is 0 Å². The summed E-state index contributed by atoms with van der Waals surface area (Å²) in [7, 11) is 0. The van der Waals surface area contributed by atoms with E-state index in [0.29, 0.717) is 10.9 Å². The van der Waals surface area contributed by atoms with E-state index in [1.165, 1.54) is 0 Å². The first-order valence-corrected chi connectivity index (χ1v) is 7.19. The monoisotopic (exact) mass is 375 g/mol. The summed E-state index contributed by atoms with van der Waals surface area (Å²) in [5.74, 6) is 0.350. The molecule has 0 bridgehead atoms. The topological polar surface area (TPSA) is 43.8 Å². The SMILES string of the molecule is CC(C)C(N)c1cncn1-c1ccc(I)cc1Cl. The van der Waals surface area contributed by atoms with Gasteiger partial charge in [0, 0.05) is 9.61 Å². The van der Waals surface area contributed by atoms with Crippen LogP contribution < -0.4 is 5.73 Å². The highest BCUT2D eigenvalue weighted by Gasteiger charge is 2.17. The summed E-state index contributed by atoms with van der Waals surface area (Å²) in [4.78, 5) is 4.19. The number of imidazole rings is 1. The first kappa shape index (κ1) is 13.8. The van der Waals surface area contributed by atoms with Gasteiger partial charge in [-0.15, -0.1) is 0 Å². The molecule has 0 saturated carbocycles. The first-order valence-electron chi connectivity index (χ1n) is 5.74. The first-order chi connectivity index (χ1) is 8.50. The van der Waals surface area contributed by atoms with E-state index in [1.54, 1.807) is 12.5 Å². The molecule has 18 heavy (non-hydrogen) atoms. The van der Waals surface area contributed by atoms with E-state index in [9.17, 15) is 0 Å². The van der Waals surface area contributed by atoms with Crippen molar-refractivity contribution >= 4 is 34.2 Å². The van der Waals surface area contributed by atoms with Gasteiger partial charge >= 0.3 is 0 Å². The zero-order valence-electron chi connectivity index (χ0n) is 10.3. The summed E-state index contributed by atoms with van der Waals surface area (Å²) in [5, 5.41) is 0.706. The Morgan fingerprint density at radius 2 is 2.11 bits per heavy atom. The average Bonchev–Trinajstić information content (AvgIpc) is 2.76. The van der Waals surface area contributed by atoms with Crippen molar-refractivity contribution in [3.8, 4) is 5.69 Å². The molecule has 3 nitrogen and oxygen atoms in total. The van der Waals surface area contributed by atoms with Gasteiger partial charge in [-0.05, 0) is 46.7 Å². The Morgan fingerprint density at radius 1 is 1.39 bits per heavy atom. The average molecular weight is 376 g/mol. The van der Waals surface area contributed by atoms with Gasteiger partial charge < -0.3 is 10.3 Å². The molecule has 1 heterocycles. The van der Waals surface area contributed by atoms with Crippen LogP contribution in [0.25, 0.3) is 5.69 Å². The van der Waals surface area contributed by atoms with Crippen LogP contribution in [0.15, 0.2) is 30.7 Å². The molecule has 0 fully saturated rings. The summed E-state index contributed by atoms with van der Waals surface area (Å²) >= 11 is 8.52. The molecule has 0 saturated heterocycles. The Kier molecular flexibility index (Phi) is 4.29. The van der Waals surface area contributed by atoms with Crippen molar-refractivity contribution < 1.29 is 0 Å². The van der Waals surface area contributed by atoms with Crippen molar-refractivity contribution in [3.05, 3.63) is 45.0 Å². The van der Waals surface area contributed by atoms with E-state index >= 15 is 0 Å². The predicted molar refractivity (Wildman–Crippen MR) is 83.1 cm³/mol. The van der Waals surface area contributed by atoms with E-state index in [4.69, 9.17) is 17.3 Å². The minimum atomic E-state index is -0.0529. The predicted octanol–water partition coefficient (Wildman–Crippen LogP) is 3.79. The third-order valence-corrected chi connectivity index (χ3v) is 3.87. The Bertz CT molecular complexity index is 551.